The summed E-state index contributed by atoms with van der Waals surface area (Å²) < 4.78 is 40.1. The molecule has 0 radical (unpaired) electrons. The molecule has 0 unspecified atom stereocenters. The van der Waals surface area contributed by atoms with Gasteiger partial charge < -0.3 is 18.6 Å². The van der Waals surface area contributed by atoms with Gasteiger partial charge in [0.25, 0.3) is 5.56 Å². The van der Waals surface area contributed by atoms with Gasteiger partial charge in [-0.15, -0.1) is 0 Å². The highest BCUT2D eigenvalue weighted by Crippen LogP contribution is 2.39. The lowest BCUT2D eigenvalue weighted by atomic mass is 10.0. The van der Waals surface area contributed by atoms with Crippen LogP contribution < -0.4 is 15.0 Å². The molecule has 8 heteroatoms. The van der Waals surface area contributed by atoms with E-state index in [-0.39, 0.29) is 11.3 Å². The first-order chi connectivity index (χ1) is 14.9. The lowest BCUT2D eigenvalue weighted by molar-refractivity contribution is 0.439. The Morgan fingerprint density at radius 2 is 1.77 bits per heavy atom. The van der Waals surface area contributed by atoms with Crippen molar-refractivity contribution in [1.82, 2.24) is 9.13 Å². The molecule has 0 aliphatic rings. The number of hydrogen-bond acceptors (Lipinski definition) is 4. The fraction of sp³-hybridized carbons (Fsp3) is 0.174. The summed E-state index contributed by atoms with van der Waals surface area (Å²) in [6, 6.07) is 10.4. The van der Waals surface area contributed by atoms with Gasteiger partial charge in [-0.1, -0.05) is 18.9 Å². The van der Waals surface area contributed by atoms with Crippen molar-refractivity contribution in [2.45, 2.75) is 6.92 Å². The Balaban J connectivity index is 1.93. The van der Waals surface area contributed by atoms with Crippen LogP contribution in [-0.4, -0.2) is 14.9 Å². The van der Waals surface area contributed by atoms with Crippen LogP contribution in [0.4, 0.5) is 14.5 Å². The molecule has 0 saturated carbocycles. The van der Waals surface area contributed by atoms with E-state index in [1.54, 1.807) is 37.3 Å². The Morgan fingerprint density at radius 3 is 2.52 bits per heavy atom. The second kappa shape index (κ2) is 8.47. The van der Waals surface area contributed by atoms with E-state index in [9.17, 15) is 13.6 Å². The lowest BCUT2D eigenvalue weighted by Gasteiger charge is -2.16. The Bertz CT molecular complexity index is 1330. The summed E-state index contributed by atoms with van der Waals surface area (Å²) in [4.78, 5) is 12.6. The molecule has 0 aliphatic heterocycles. The molecule has 4 rings (SSSR count). The molecule has 0 aliphatic carbocycles. The minimum Gasteiger partial charge on any atom is -0.454 e. The van der Waals surface area contributed by atoms with E-state index in [4.69, 9.17) is 4.74 Å². The van der Waals surface area contributed by atoms with E-state index < -0.39 is 11.6 Å². The molecule has 0 spiro atoms. The quantitative estimate of drug-likeness (QED) is 0.390. The SMILES string of the molecule is CCSNc1ccc(Oc2ccc(F)cc2F)c(-c2cn(C)c(=O)c3ccn(C)c23)c1. The van der Waals surface area contributed by atoms with E-state index in [2.05, 4.69) is 4.72 Å². The zero-order chi connectivity index (χ0) is 22.1. The van der Waals surface area contributed by atoms with Crippen molar-refractivity contribution in [3.8, 4) is 22.6 Å². The Labute approximate surface area is 182 Å². The van der Waals surface area contributed by atoms with Crippen molar-refractivity contribution < 1.29 is 13.5 Å². The van der Waals surface area contributed by atoms with Gasteiger partial charge in [0.15, 0.2) is 11.6 Å². The van der Waals surface area contributed by atoms with Crippen LogP contribution in [0, 0.1) is 11.6 Å². The number of fused-ring (bicyclic) bond motifs is 1. The minimum atomic E-state index is -0.792. The highest BCUT2D eigenvalue weighted by molar-refractivity contribution is 8.00. The second-order valence-electron chi connectivity index (χ2n) is 7.07. The van der Waals surface area contributed by atoms with Gasteiger partial charge in [-0.25, -0.2) is 8.78 Å². The summed E-state index contributed by atoms with van der Waals surface area (Å²) in [7, 11) is 3.55. The maximum atomic E-state index is 14.3. The van der Waals surface area contributed by atoms with Crippen LogP contribution in [0.5, 0.6) is 11.5 Å². The molecule has 5 nitrogen and oxygen atoms in total. The predicted octanol–water partition coefficient (Wildman–Crippen LogP) is 5.69. The van der Waals surface area contributed by atoms with Crippen LogP contribution in [0.1, 0.15) is 6.92 Å². The van der Waals surface area contributed by atoms with E-state index in [1.165, 1.54) is 10.6 Å². The van der Waals surface area contributed by atoms with Gasteiger partial charge >= 0.3 is 0 Å². The Morgan fingerprint density at radius 1 is 1.00 bits per heavy atom. The summed E-state index contributed by atoms with van der Waals surface area (Å²) in [5, 5.41) is 0.572. The summed E-state index contributed by atoms with van der Waals surface area (Å²) in [6.07, 6.45) is 3.56. The number of pyridine rings is 1. The first kappa shape index (κ1) is 21.0. The number of halogens is 2. The molecule has 160 valence electrons. The van der Waals surface area contributed by atoms with Crippen LogP contribution in [0.15, 0.2) is 59.7 Å². The van der Waals surface area contributed by atoms with Gasteiger partial charge in [-0.2, -0.15) is 0 Å². The van der Waals surface area contributed by atoms with Crippen molar-refractivity contribution in [2.75, 3.05) is 10.5 Å². The molecule has 0 saturated heterocycles. The number of hydrogen-bond donors (Lipinski definition) is 1. The van der Waals surface area contributed by atoms with Crippen molar-refractivity contribution in [3.05, 3.63) is 76.8 Å². The van der Waals surface area contributed by atoms with Gasteiger partial charge in [0, 0.05) is 55.1 Å². The maximum absolute atomic E-state index is 14.3. The fourth-order valence-corrected chi connectivity index (χ4v) is 3.90. The van der Waals surface area contributed by atoms with E-state index >= 15 is 0 Å². The number of nitrogens with one attached hydrogen (secondary N) is 1. The van der Waals surface area contributed by atoms with Gasteiger partial charge in [0.05, 0.1) is 10.9 Å². The molecule has 0 fully saturated rings. The van der Waals surface area contributed by atoms with Crippen molar-refractivity contribution >= 4 is 28.5 Å². The topological polar surface area (TPSA) is 48.2 Å². The monoisotopic (exact) mass is 441 g/mol. The average molecular weight is 442 g/mol. The Hall–Kier alpha value is -3.26. The molecule has 2 aromatic carbocycles. The highest BCUT2D eigenvalue weighted by atomic mass is 32.2. The zero-order valence-corrected chi connectivity index (χ0v) is 18.1. The van der Waals surface area contributed by atoms with Crippen LogP contribution in [0.25, 0.3) is 22.0 Å². The van der Waals surface area contributed by atoms with Crippen LogP contribution in [0.3, 0.4) is 0 Å². The fourth-order valence-electron chi connectivity index (χ4n) is 3.46. The maximum Gasteiger partial charge on any atom is 0.259 e. The van der Waals surface area contributed by atoms with Crippen molar-refractivity contribution in [3.63, 3.8) is 0 Å². The highest BCUT2D eigenvalue weighted by Gasteiger charge is 2.18. The number of nitrogens with zero attached hydrogens (tertiary/aromatic N) is 2. The molecule has 2 heterocycles. The minimum absolute atomic E-state index is 0.0840. The molecule has 2 aromatic heterocycles. The van der Waals surface area contributed by atoms with Gasteiger partial charge in [-0.3, -0.25) is 4.79 Å². The molecular weight excluding hydrogens is 420 g/mol. The van der Waals surface area contributed by atoms with Crippen LogP contribution >= 0.6 is 11.9 Å². The third-order valence-electron chi connectivity index (χ3n) is 4.92. The van der Waals surface area contributed by atoms with Crippen LogP contribution in [0.2, 0.25) is 0 Å². The smallest absolute Gasteiger partial charge is 0.259 e. The van der Waals surface area contributed by atoms with Gasteiger partial charge in [0.2, 0.25) is 0 Å². The number of aryl methyl sites for hydroxylation is 2. The molecule has 4 aromatic rings. The molecular formula is C23H21F2N3O2S. The normalized spacial score (nSPS) is 11.1. The number of benzene rings is 2. The molecule has 1 N–H and O–H groups in total. The van der Waals surface area contributed by atoms with E-state index in [0.29, 0.717) is 16.7 Å². The number of aromatic nitrogens is 2. The average Bonchev–Trinajstić information content (AvgIpc) is 3.14. The van der Waals surface area contributed by atoms with Crippen LogP contribution in [-0.2, 0) is 14.1 Å². The number of anilines is 1. The summed E-state index contributed by atoms with van der Waals surface area (Å²) in [6.45, 7) is 2.04. The largest absolute Gasteiger partial charge is 0.454 e. The van der Waals surface area contributed by atoms with E-state index in [1.807, 2.05) is 36.9 Å². The second-order valence-corrected chi connectivity index (χ2v) is 8.14. The lowest BCUT2D eigenvalue weighted by Crippen LogP contribution is -2.16. The number of rotatable bonds is 6. The standard InChI is InChI=1S/C23H21F2N3O2S/c1-4-31-26-15-6-8-20(30-21-7-5-14(24)11-19(21)25)17(12-15)18-13-28(3)23(29)16-9-10-27(2)22(16)18/h5-13,26H,4H2,1-3H3. The van der Waals surface area contributed by atoms with Crippen molar-refractivity contribution in [1.29, 1.82) is 0 Å². The molecule has 0 amide bonds. The first-order valence-electron chi connectivity index (χ1n) is 9.69. The first-order valence-corrected chi connectivity index (χ1v) is 10.7. The summed E-state index contributed by atoms with van der Waals surface area (Å²) in [5.41, 5.74) is 2.90. The molecule has 31 heavy (non-hydrogen) atoms. The Kier molecular flexibility index (Phi) is 5.73. The third-order valence-corrected chi connectivity index (χ3v) is 5.59. The predicted molar refractivity (Wildman–Crippen MR) is 122 cm³/mol. The summed E-state index contributed by atoms with van der Waals surface area (Å²) in [5.74, 6) is -0.294. The third kappa shape index (κ3) is 4.03. The number of ether oxygens (including phenoxy) is 1. The zero-order valence-electron chi connectivity index (χ0n) is 17.3. The van der Waals surface area contributed by atoms with Gasteiger partial charge in [0.1, 0.15) is 11.6 Å². The summed E-state index contributed by atoms with van der Waals surface area (Å²) >= 11 is 1.54. The van der Waals surface area contributed by atoms with Gasteiger partial charge in [-0.05, 0) is 36.4 Å². The van der Waals surface area contributed by atoms with E-state index in [0.717, 1.165) is 34.7 Å². The van der Waals surface area contributed by atoms with Crippen molar-refractivity contribution in [2.24, 2.45) is 14.1 Å². The molecule has 0 atom stereocenters. The molecule has 0 bridgehead atoms.